The minimum absolute atomic E-state index is 0.0369. The highest BCUT2D eigenvalue weighted by Crippen LogP contribution is 2.28. The molecular weight excluding hydrogens is 268 g/mol. The number of aromatic nitrogens is 1. The van der Waals surface area contributed by atoms with Crippen molar-refractivity contribution in [2.24, 2.45) is 0 Å². The standard InChI is InChI=1S/C15H24N4O2/c1-17(2)15(20)18(3)12-7-6-10-19(11-12)14-13(21-4)8-5-9-16-14/h5,8-9,12H,6-7,10-11H2,1-4H3. The zero-order valence-corrected chi connectivity index (χ0v) is 13.2. The van der Waals surface area contributed by atoms with E-state index in [2.05, 4.69) is 9.88 Å². The van der Waals surface area contributed by atoms with Crippen molar-refractivity contribution in [1.29, 1.82) is 0 Å². The topological polar surface area (TPSA) is 48.9 Å². The molecule has 21 heavy (non-hydrogen) atoms. The molecule has 1 aliphatic heterocycles. The molecule has 1 fully saturated rings. The second kappa shape index (κ2) is 6.65. The van der Waals surface area contributed by atoms with Gasteiger partial charge in [-0.3, -0.25) is 0 Å². The smallest absolute Gasteiger partial charge is 0.319 e. The Kier molecular flexibility index (Phi) is 4.88. The predicted octanol–water partition coefficient (Wildman–Crippen LogP) is 1.67. The first-order valence-corrected chi connectivity index (χ1v) is 7.22. The Morgan fingerprint density at radius 1 is 1.43 bits per heavy atom. The summed E-state index contributed by atoms with van der Waals surface area (Å²) in [6.45, 7) is 1.72. The summed E-state index contributed by atoms with van der Waals surface area (Å²) in [5.41, 5.74) is 0. The molecule has 2 amide bonds. The van der Waals surface area contributed by atoms with Gasteiger partial charge in [0.25, 0.3) is 0 Å². The number of hydrogen-bond donors (Lipinski definition) is 0. The van der Waals surface area contributed by atoms with Crippen LogP contribution in [-0.4, -0.2) is 68.2 Å². The number of hydrogen-bond acceptors (Lipinski definition) is 4. The fraction of sp³-hybridized carbons (Fsp3) is 0.600. The zero-order valence-electron chi connectivity index (χ0n) is 13.2. The maximum Gasteiger partial charge on any atom is 0.319 e. The number of rotatable bonds is 3. The van der Waals surface area contributed by atoms with Gasteiger partial charge in [-0.25, -0.2) is 9.78 Å². The molecule has 0 saturated carbocycles. The first kappa shape index (κ1) is 15.4. The number of methoxy groups -OCH3 is 1. The number of carbonyl (C=O) groups excluding carboxylic acids is 1. The third-order valence-corrected chi connectivity index (χ3v) is 3.90. The predicted molar refractivity (Wildman–Crippen MR) is 82.9 cm³/mol. The lowest BCUT2D eigenvalue weighted by Crippen LogP contribution is -2.51. The van der Waals surface area contributed by atoms with E-state index in [4.69, 9.17) is 4.74 Å². The van der Waals surface area contributed by atoms with E-state index >= 15 is 0 Å². The maximum absolute atomic E-state index is 12.1. The average Bonchev–Trinajstić information content (AvgIpc) is 2.53. The van der Waals surface area contributed by atoms with Crippen LogP contribution in [0.3, 0.4) is 0 Å². The van der Waals surface area contributed by atoms with E-state index in [1.165, 1.54) is 0 Å². The van der Waals surface area contributed by atoms with Crippen LogP contribution in [0, 0.1) is 0 Å². The van der Waals surface area contributed by atoms with Crippen LogP contribution in [0.25, 0.3) is 0 Å². The molecule has 1 saturated heterocycles. The molecule has 1 aliphatic rings. The third kappa shape index (κ3) is 3.37. The number of urea groups is 1. The van der Waals surface area contributed by atoms with Gasteiger partial charge in [0, 0.05) is 40.4 Å². The zero-order chi connectivity index (χ0) is 15.4. The second-order valence-corrected chi connectivity index (χ2v) is 5.56. The van der Waals surface area contributed by atoms with Crippen LogP contribution in [0.1, 0.15) is 12.8 Å². The Bertz CT molecular complexity index is 492. The molecule has 0 spiro atoms. The van der Waals surface area contributed by atoms with E-state index in [9.17, 15) is 4.79 Å². The highest BCUT2D eigenvalue weighted by atomic mass is 16.5. The number of anilines is 1. The molecule has 1 unspecified atom stereocenters. The van der Waals surface area contributed by atoms with Crippen molar-refractivity contribution in [3.05, 3.63) is 18.3 Å². The second-order valence-electron chi connectivity index (χ2n) is 5.56. The molecule has 0 aromatic carbocycles. The van der Waals surface area contributed by atoms with Gasteiger partial charge < -0.3 is 19.4 Å². The molecular formula is C15H24N4O2. The summed E-state index contributed by atoms with van der Waals surface area (Å²) >= 11 is 0. The highest BCUT2D eigenvalue weighted by molar-refractivity contribution is 5.74. The van der Waals surface area contributed by atoms with Crippen molar-refractivity contribution in [3.8, 4) is 5.75 Å². The van der Waals surface area contributed by atoms with Crippen LogP contribution in [0.5, 0.6) is 5.75 Å². The summed E-state index contributed by atoms with van der Waals surface area (Å²) in [6, 6.07) is 4.02. The van der Waals surface area contributed by atoms with Gasteiger partial charge in [0.1, 0.15) is 0 Å². The van der Waals surface area contributed by atoms with E-state index in [0.29, 0.717) is 0 Å². The van der Waals surface area contributed by atoms with Crippen LogP contribution in [0.4, 0.5) is 10.6 Å². The van der Waals surface area contributed by atoms with Gasteiger partial charge in [0.15, 0.2) is 11.6 Å². The Morgan fingerprint density at radius 2 is 2.19 bits per heavy atom. The van der Waals surface area contributed by atoms with Gasteiger partial charge in [0.05, 0.1) is 13.2 Å². The quantitative estimate of drug-likeness (QED) is 0.850. The molecule has 2 heterocycles. The summed E-state index contributed by atoms with van der Waals surface area (Å²) in [4.78, 5) is 22.2. The summed E-state index contributed by atoms with van der Waals surface area (Å²) in [5.74, 6) is 1.63. The average molecular weight is 292 g/mol. The molecule has 0 aliphatic carbocycles. The summed E-state index contributed by atoms with van der Waals surface area (Å²) in [7, 11) is 7.08. The van der Waals surface area contributed by atoms with Crippen molar-refractivity contribution in [1.82, 2.24) is 14.8 Å². The van der Waals surface area contributed by atoms with E-state index in [0.717, 1.165) is 37.5 Å². The Morgan fingerprint density at radius 3 is 2.86 bits per heavy atom. The van der Waals surface area contributed by atoms with Gasteiger partial charge in [-0.2, -0.15) is 0 Å². The van der Waals surface area contributed by atoms with E-state index in [1.54, 1.807) is 32.3 Å². The third-order valence-electron chi connectivity index (χ3n) is 3.90. The number of amides is 2. The Labute approximate surface area is 126 Å². The summed E-state index contributed by atoms with van der Waals surface area (Å²) in [6.07, 6.45) is 3.83. The Hall–Kier alpha value is -1.98. The SMILES string of the molecule is COc1cccnc1N1CCCC(N(C)C(=O)N(C)C)C1. The Balaban J connectivity index is 2.12. The molecule has 6 nitrogen and oxygen atoms in total. The van der Waals surface area contributed by atoms with Crippen molar-refractivity contribution < 1.29 is 9.53 Å². The number of ether oxygens (including phenoxy) is 1. The fourth-order valence-electron chi connectivity index (χ4n) is 2.71. The van der Waals surface area contributed by atoms with Gasteiger partial charge >= 0.3 is 6.03 Å². The maximum atomic E-state index is 12.1. The van der Waals surface area contributed by atoms with Crippen molar-refractivity contribution in [3.63, 3.8) is 0 Å². The van der Waals surface area contributed by atoms with Crippen LogP contribution in [0.2, 0.25) is 0 Å². The van der Waals surface area contributed by atoms with Gasteiger partial charge in [0.2, 0.25) is 0 Å². The van der Waals surface area contributed by atoms with Crippen LogP contribution in [-0.2, 0) is 0 Å². The number of carbonyl (C=O) groups is 1. The molecule has 1 aromatic heterocycles. The van der Waals surface area contributed by atoms with Crippen molar-refractivity contribution >= 4 is 11.8 Å². The first-order chi connectivity index (χ1) is 10.0. The van der Waals surface area contributed by atoms with Crippen LogP contribution >= 0.6 is 0 Å². The van der Waals surface area contributed by atoms with Crippen molar-refractivity contribution in [2.45, 2.75) is 18.9 Å². The van der Waals surface area contributed by atoms with Gasteiger partial charge in [-0.15, -0.1) is 0 Å². The molecule has 1 aromatic rings. The van der Waals surface area contributed by atoms with Crippen LogP contribution in [0.15, 0.2) is 18.3 Å². The number of nitrogens with zero attached hydrogens (tertiary/aromatic N) is 4. The molecule has 116 valence electrons. The van der Waals surface area contributed by atoms with Gasteiger partial charge in [-0.1, -0.05) is 0 Å². The number of piperidine rings is 1. The van der Waals surface area contributed by atoms with Crippen LogP contribution < -0.4 is 9.64 Å². The first-order valence-electron chi connectivity index (χ1n) is 7.22. The summed E-state index contributed by atoms with van der Waals surface area (Å²) < 4.78 is 5.39. The lowest BCUT2D eigenvalue weighted by molar-refractivity contribution is 0.157. The van der Waals surface area contributed by atoms with E-state index in [-0.39, 0.29) is 12.1 Å². The number of likely N-dealkylation sites (N-methyl/N-ethyl adjacent to an activating group) is 1. The molecule has 1 atom stereocenters. The lowest BCUT2D eigenvalue weighted by atomic mass is 10.0. The van der Waals surface area contributed by atoms with E-state index in [1.807, 2.05) is 24.1 Å². The lowest BCUT2D eigenvalue weighted by Gasteiger charge is -2.39. The largest absolute Gasteiger partial charge is 0.493 e. The normalized spacial score (nSPS) is 18.3. The fourth-order valence-corrected chi connectivity index (χ4v) is 2.71. The van der Waals surface area contributed by atoms with Crippen molar-refractivity contribution in [2.75, 3.05) is 46.2 Å². The monoisotopic (exact) mass is 292 g/mol. The molecule has 6 heteroatoms. The summed E-state index contributed by atoms with van der Waals surface area (Å²) in [5, 5.41) is 0. The highest BCUT2D eigenvalue weighted by Gasteiger charge is 2.28. The molecule has 0 radical (unpaired) electrons. The molecule has 0 N–H and O–H groups in total. The molecule has 0 bridgehead atoms. The van der Waals surface area contributed by atoms with E-state index < -0.39 is 0 Å². The minimum Gasteiger partial charge on any atom is -0.493 e. The number of pyridine rings is 1. The van der Waals surface area contributed by atoms with Gasteiger partial charge in [-0.05, 0) is 25.0 Å². The minimum atomic E-state index is 0.0369. The molecule has 2 rings (SSSR count).